The maximum absolute atomic E-state index is 6.42. The third kappa shape index (κ3) is 2.07. The molecule has 1 aromatic rings. The molecule has 2 atom stereocenters. The van der Waals surface area contributed by atoms with Crippen molar-refractivity contribution in [3.63, 3.8) is 0 Å². The molecule has 0 bridgehead atoms. The summed E-state index contributed by atoms with van der Waals surface area (Å²) in [6.45, 7) is 0. The maximum atomic E-state index is 6.42. The number of rotatable bonds is 2. The molecule has 1 spiro atoms. The molecule has 2 aliphatic rings. The van der Waals surface area contributed by atoms with Gasteiger partial charge in [0.2, 0.25) is 0 Å². The van der Waals surface area contributed by atoms with Crippen LogP contribution in [-0.4, -0.2) is 11.5 Å². The van der Waals surface area contributed by atoms with Gasteiger partial charge in [0.25, 0.3) is 0 Å². The van der Waals surface area contributed by atoms with Gasteiger partial charge in [-0.2, -0.15) is 0 Å². The van der Waals surface area contributed by atoms with E-state index in [0.717, 1.165) is 12.2 Å². The highest BCUT2D eigenvalue weighted by molar-refractivity contribution is 14.1. The van der Waals surface area contributed by atoms with E-state index >= 15 is 0 Å². The molecule has 0 saturated heterocycles. The minimum absolute atomic E-state index is 0.281. The smallest absolute Gasteiger partial charge is 0.120 e. The molecule has 2 aliphatic carbocycles. The van der Waals surface area contributed by atoms with Gasteiger partial charge in [-0.3, -0.25) is 0 Å². The first-order chi connectivity index (χ1) is 8.21. The molecule has 2 saturated carbocycles. The van der Waals surface area contributed by atoms with Crippen LogP contribution in [0.25, 0.3) is 0 Å². The second-order valence-electron chi connectivity index (χ2n) is 5.21. The van der Waals surface area contributed by atoms with Crippen molar-refractivity contribution in [1.29, 1.82) is 0 Å². The highest BCUT2D eigenvalue weighted by Gasteiger charge is 2.56. The fraction of sp³-hybridized carbons (Fsp3) is 0.571. The molecule has 1 nitrogen and oxygen atoms in total. The molecule has 0 aromatic heterocycles. The van der Waals surface area contributed by atoms with Gasteiger partial charge in [0.15, 0.2) is 0 Å². The second-order valence-corrected chi connectivity index (χ2v) is 6.98. The van der Waals surface area contributed by atoms with E-state index in [1.165, 1.54) is 29.3 Å². The Hall–Kier alpha value is 0.0400. The quantitative estimate of drug-likeness (QED) is 0.551. The van der Waals surface area contributed by atoms with Gasteiger partial charge < -0.3 is 4.74 Å². The Morgan fingerprint density at radius 1 is 1.29 bits per heavy atom. The van der Waals surface area contributed by atoms with Crippen LogP contribution >= 0.6 is 34.2 Å². The fourth-order valence-corrected chi connectivity index (χ4v) is 4.27. The van der Waals surface area contributed by atoms with Crippen LogP contribution in [0.1, 0.15) is 32.1 Å². The van der Waals surface area contributed by atoms with Crippen molar-refractivity contribution in [1.82, 2.24) is 0 Å². The third-order valence-corrected chi connectivity index (χ3v) is 5.58. The minimum Gasteiger partial charge on any atom is -0.490 e. The molecule has 1 aromatic carbocycles. The Morgan fingerprint density at radius 2 is 2.06 bits per heavy atom. The number of hydrogen-bond donors (Lipinski definition) is 0. The number of halogens is 2. The molecule has 92 valence electrons. The highest BCUT2D eigenvalue weighted by atomic mass is 127. The van der Waals surface area contributed by atoms with Crippen LogP contribution in [0.3, 0.4) is 0 Å². The van der Waals surface area contributed by atoms with Crippen LogP contribution in [0, 0.1) is 8.99 Å². The second kappa shape index (κ2) is 4.61. The summed E-state index contributed by atoms with van der Waals surface area (Å²) in [4.78, 5) is 0. The third-order valence-electron chi connectivity index (χ3n) is 4.29. The van der Waals surface area contributed by atoms with Crippen molar-refractivity contribution in [3.8, 4) is 5.75 Å². The van der Waals surface area contributed by atoms with Gasteiger partial charge in [-0.15, -0.1) is 11.6 Å². The predicted molar refractivity (Wildman–Crippen MR) is 78.7 cm³/mol. The summed E-state index contributed by atoms with van der Waals surface area (Å²) in [5.41, 5.74) is 0.281. The Bertz CT molecular complexity index is 414. The van der Waals surface area contributed by atoms with E-state index in [2.05, 4.69) is 40.8 Å². The van der Waals surface area contributed by atoms with Gasteiger partial charge in [0.1, 0.15) is 11.9 Å². The molecule has 2 unspecified atom stereocenters. The SMILES string of the molecule is ClC1CC(Oc2cccc(I)c2)C12CCCC2. The average Bonchev–Trinajstić information content (AvgIpc) is 2.80. The summed E-state index contributed by atoms with van der Waals surface area (Å²) in [7, 11) is 0. The molecule has 3 heteroatoms. The summed E-state index contributed by atoms with van der Waals surface area (Å²) in [5.74, 6) is 0.997. The zero-order valence-corrected chi connectivity index (χ0v) is 12.6. The summed E-state index contributed by atoms with van der Waals surface area (Å²) < 4.78 is 7.37. The Labute approximate surface area is 121 Å². The van der Waals surface area contributed by atoms with Crippen molar-refractivity contribution >= 4 is 34.2 Å². The predicted octanol–water partition coefficient (Wildman–Crippen LogP) is 4.61. The lowest BCUT2D eigenvalue weighted by molar-refractivity contribution is -0.0355. The van der Waals surface area contributed by atoms with Crippen LogP contribution in [0.15, 0.2) is 24.3 Å². The molecule has 2 fully saturated rings. The van der Waals surface area contributed by atoms with Gasteiger partial charge in [0, 0.05) is 20.8 Å². The number of ether oxygens (including phenoxy) is 1. The molecule has 0 amide bonds. The number of benzene rings is 1. The fourth-order valence-electron chi connectivity index (χ4n) is 3.24. The Kier molecular flexibility index (Phi) is 3.28. The number of alkyl halides is 1. The first-order valence-corrected chi connectivity index (χ1v) is 7.78. The number of hydrogen-bond acceptors (Lipinski definition) is 1. The monoisotopic (exact) mass is 362 g/mol. The summed E-state index contributed by atoms with van der Waals surface area (Å²) in [6.07, 6.45) is 6.47. The first-order valence-electron chi connectivity index (χ1n) is 6.27. The summed E-state index contributed by atoms with van der Waals surface area (Å²) in [5, 5.41) is 0.331. The van der Waals surface area contributed by atoms with Crippen LogP contribution in [-0.2, 0) is 0 Å². The zero-order valence-electron chi connectivity index (χ0n) is 9.66. The molecule has 0 heterocycles. The van der Waals surface area contributed by atoms with E-state index in [9.17, 15) is 0 Å². The van der Waals surface area contributed by atoms with Crippen molar-refractivity contribution in [2.45, 2.75) is 43.6 Å². The minimum atomic E-state index is 0.281. The van der Waals surface area contributed by atoms with E-state index in [1.54, 1.807) is 0 Å². The molecular weight excluding hydrogens is 347 g/mol. The van der Waals surface area contributed by atoms with E-state index in [0.29, 0.717) is 11.5 Å². The standard InChI is InChI=1S/C14H16ClIO/c15-12-9-13(14(12)6-1-2-7-14)17-11-5-3-4-10(16)8-11/h3-5,8,12-13H,1-2,6-7,9H2. The van der Waals surface area contributed by atoms with Gasteiger partial charge in [-0.05, 0) is 53.6 Å². The molecule has 17 heavy (non-hydrogen) atoms. The van der Waals surface area contributed by atoms with E-state index in [1.807, 2.05) is 6.07 Å². The lowest BCUT2D eigenvalue weighted by Gasteiger charge is -2.50. The molecule has 0 radical (unpaired) electrons. The van der Waals surface area contributed by atoms with Crippen LogP contribution in [0.2, 0.25) is 0 Å². The van der Waals surface area contributed by atoms with E-state index in [4.69, 9.17) is 16.3 Å². The Morgan fingerprint density at radius 3 is 2.71 bits per heavy atom. The average molecular weight is 363 g/mol. The summed E-state index contributed by atoms with van der Waals surface area (Å²) in [6, 6.07) is 8.29. The molecular formula is C14H16ClIO. The van der Waals surface area contributed by atoms with Crippen molar-refractivity contribution in [3.05, 3.63) is 27.8 Å². The van der Waals surface area contributed by atoms with Gasteiger partial charge in [0.05, 0.1) is 0 Å². The van der Waals surface area contributed by atoms with Crippen LogP contribution in [0.5, 0.6) is 5.75 Å². The largest absolute Gasteiger partial charge is 0.490 e. The topological polar surface area (TPSA) is 9.23 Å². The van der Waals surface area contributed by atoms with Gasteiger partial charge in [-0.25, -0.2) is 0 Å². The van der Waals surface area contributed by atoms with Crippen LogP contribution < -0.4 is 4.74 Å². The zero-order chi connectivity index (χ0) is 11.9. The molecule has 3 rings (SSSR count). The maximum Gasteiger partial charge on any atom is 0.120 e. The van der Waals surface area contributed by atoms with E-state index in [-0.39, 0.29) is 5.41 Å². The first kappa shape index (κ1) is 12.1. The molecule has 0 N–H and O–H groups in total. The normalized spacial score (nSPS) is 30.2. The van der Waals surface area contributed by atoms with Crippen molar-refractivity contribution in [2.24, 2.45) is 5.41 Å². The van der Waals surface area contributed by atoms with E-state index < -0.39 is 0 Å². The van der Waals surface area contributed by atoms with Crippen molar-refractivity contribution in [2.75, 3.05) is 0 Å². The lowest BCUT2D eigenvalue weighted by Crippen LogP contribution is -2.55. The van der Waals surface area contributed by atoms with Gasteiger partial charge in [-0.1, -0.05) is 18.9 Å². The highest BCUT2D eigenvalue weighted by Crippen LogP contribution is 2.57. The van der Waals surface area contributed by atoms with Gasteiger partial charge >= 0.3 is 0 Å². The molecule has 0 aliphatic heterocycles. The summed E-state index contributed by atoms with van der Waals surface area (Å²) >= 11 is 8.74. The lowest BCUT2D eigenvalue weighted by atomic mass is 9.64. The Balaban J connectivity index is 1.74. The van der Waals surface area contributed by atoms with Crippen molar-refractivity contribution < 1.29 is 4.74 Å². The van der Waals surface area contributed by atoms with Crippen LogP contribution in [0.4, 0.5) is 0 Å².